The van der Waals surface area contributed by atoms with Gasteiger partial charge < -0.3 is 15.7 Å². The number of benzene rings is 2. The van der Waals surface area contributed by atoms with Gasteiger partial charge in [-0.2, -0.15) is 0 Å². The van der Waals surface area contributed by atoms with Crippen LogP contribution in [0.4, 0.5) is 0 Å². The van der Waals surface area contributed by atoms with E-state index < -0.39 is 5.91 Å². The number of halogens is 1. The topological polar surface area (TPSA) is 78.4 Å². The lowest BCUT2D eigenvalue weighted by molar-refractivity contribution is -0.117. The zero-order chi connectivity index (χ0) is 19.5. The Labute approximate surface area is 166 Å². The summed E-state index contributed by atoms with van der Waals surface area (Å²) in [6, 6.07) is 16.5. The summed E-state index contributed by atoms with van der Waals surface area (Å²) in [5.41, 5.74) is 1.56. The molecule has 0 saturated heterocycles. The first kappa shape index (κ1) is 20.6. The Bertz CT molecular complexity index is 815. The first-order valence-corrected chi connectivity index (χ1v) is 9.29. The summed E-state index contributed by atoms with van der Waals surface area (Å²) in [6.07, 6.45) is 5.54. The molecule has 0 aliphatic carbocycles. The molecule has 0 radical (unpaired) electrons. The van der Waals surface area contributed by atoms with E-state index in [-0.39, 0.29) is 18.2 Å². The predicted molar refractivity (Wildman–Crippen MR) is 110 cm³/mol. The third kappa shape index (κ3) is 7.21. The molecule has 0 unspecified atom stereocenters. The van der Waals surface area contributed by atoms with E-state index in [1.165, 1.54) is 0 Å². The van der Waals surface area contributed by atoms with E-state index in [0.29, 0.717) is 18.5 Å². The summed E-state index contributed by atoms with van der Waals surface area (Å²) < 4.78 is 0.863. The molecule has 0 aliphatic heterocycles. The molecule has 5 nitrogen and oxygen atoms in total. The Morgan fingerprint density at radius 1 is 1.04 bits per heavy atom. The number of carbonyl (C=O) groups is 2. The molecule has 0 aromatic heterocycles. The normalized spacial score (nSPS) is 11.4. The Morgan fingerprint density at radius 2 is 1.74 bits per heavy atom. The number of amides is 2. The zero-order valence-corrected chi connectivity index (χ0v) is 16.3. The van der Waals surface area contributed by atoms with Crippen LogP contribution < -0.4 is 10.6 Å². The maximum Gasteiger partial charge on any atom is 0.267 e. The highest BCUT2D eigenvalue weighted by Crippen LogP contribution is 2.11. The van der Waals surface area contributed by atoms with Gasteiger partial charge in [0.2, 0.25) is 0 Å². The summed E-state index contributed by atoms with van der Waals surface area (Å²) in [7, 11) is 0. The fourth-order valence-corrected chi connectivity index (χ4v) is 2.43. The largest absolute Gasteiger partial charge is 0.396 e. The van der Waals surface area contributed by atoms with Gasteiger partial charge in [-0.3, -0.25) is 9.59 Å². The smallest absolute Gasteiger partial charge is 0.267 e. The number of hydrogen-bond acceptors (Lipinski definition) is 3. The van der Waals surface area contributed by atoms with Gasteiger partial charge in [0.15, 0.2) is 0 Å². The van der Waals surface area contributed by atoms with Crippen molar-refractivity contribution in [3.05, 3.63) is 88.0 Å². The molecule has 0 saturated carbocycles. The van der Waals surface area contributed by atoms with Crippen LogP contribution in [0.5, 0.6) is 0 Å². The van der Waals surface area contributed by atoms with Crippen LogP contribution in [-0.2, 0) is 4.79 Å². The zero-order valence-electron chi connectivity index (χ0n) is 14.7. The molecule has 2 aromatic rings. The molecule has 2 amide bonds. The maximum atomic E-state index is 12.4. The lowest BCUT2D eigenvalue weighted by Crippen LogP contribution is -2.35. The van der Waals surface area contributed by atoms with Gasteiger partial charge in [0.25, 0.3) is 11.8 Å². The first-order chi connectivity index (χ1) is 13.1. The van der Waals surface area contributed by atoms with Gasteiger partial charge in [-0.25, -0.2) is 0 Å². The van der Waals surface area contributed by atoms with Crippen LogP contribution in [0.25, 0.3) is 6.08 Å². The molecule has 0 aliphatic rings. The Kier molecular flexibility index (Phi) is 8.48. The van der Waals surface area contributed by atoms with E-state index in [1.807, 2.05) is 36.4 Å². The second-order valence-corrected chi connectivity index (χ2v) is 6.56. The van der Waals surface area contributed by atoms with Crippen molar-refractivity contribution in [3.63, 3.8) is 0 Å². The summed E-state index contributed by atoms with van der Waals surface area (Å²) in [5.74, 6) is -0.786. The Morgan fingerprint density at radius 3 is 2.41 bits per heavy atom. The van der Waals surface area contributed by atoms with Crippen LogP contribution in [0.3, 0.4) is 0 Å². The van der Waals surface area contributed by atoms with Crippen LogP contribution in [0.15, 0.2) is 76.9 Å². The number of aliphatic hydroxyl groups is 1. The Balaban J connectivity index is 2.14. The highest BCUT2D eigenvalue weighted by Gasteiger charge is 2.13. The number of allylic oxidation sites excluding steroid dienone is 2. The van der Waals surface area contributed by atoms with E-state index in [0.717, 1.165) is 10.0 Å². The molecule has 0 fully saturated rings. The van der Waals surface area contributed by atoms with Gasteiger partial charge in [-0.1, -0.05) is 58.4 Å². The van der Waals surface area contributed by atoms with E-state index in [1.54, 1.807) is 36.4 Å². The number of aliphatic hydroxyl groups excluding tert-OH is 1. The summed E-state index contributed by atoms with van der Waals surface area (Å²) in [6.45, 7) is 0.307. The molecule has 2 aromatic carbocycles. The third-order valence-electron chi connectivity index (χ3n) is 3.57. The van der Waals surface area contributed by atoms with Crippen molar-refractivity contribution in [2.45, 2.75) is 6.42 Å². The van der Waals surface area contributed by atoms with Crippen LogP contribution in [0.1, 0.15) is 22.3 Å². The van der Waals surface area contributed by atoms with Crippen molar-refractivity contribution in [1.29, 1.82) is 0 Å². The van der Waals surface area contributed by atoms with Gasteiger partial charge in [-0.15, -0.1) is 0 Å². The number of hydrogen-bond donors (Lipinski definition) is 3. The van der Waals surface area contributed by atoms with Crippen molar-refractivity contribution in [3.8, 4) is 0 Å². The average molecular weight is 429 g/mol. The lowest BCUT2D eigenvalue weighted by Gasteiger charge is -2.10. The van der Waals surface area contributed by atoms with Crippen molar-refractivity contribution in [1.82, 2.24) is 10.6 Å². The molecule has 0 atom stereocenters. The second-order valence-electron chi connectivity index (χ2n) is 5.64. The SMILES string of the molecule is O=C(NCCCO)/C(=C\C=C/c1ccccc1)NC(=O)c1ccc(Br)cc1. The number of carbonyl (C=O) groups excluding carboxylic acids is 2. The predicted octanol–water partition coefficient (Wildman–Crippen LogP) is 3.27. The van der Waals surface area contributed by atoms with E-state index in [2.05, 4.69) is 26.6 Å². The minimum atomic E-state index is -0.411. The van der Waals surface area contributed by atoms with Crippen LogP contribution in [-0.4, -0.2) is 30.1 Å². The quantitative estimate of drug-likeness (QED) is 0.343. The fourth-order valence-electron chi connectivity index (χ4n) is 2.17. The van der Waals surface area contributed by atoms with Crippen LogP contribution >= 0.6 is 15.9 Å². The second kappa shape index (κ2) is 11.1. The number of rotatable bonds is 8. The van der Waals surface area contributed by atoms with Gasteiger partial charge in [-0.05, 0) is 42.3 Å². The molecule has 140 valence electrons. The minimum Gasteiger partial charge on any atom is -0.396 e. The first-order valence-electron chi connectivity index (χ1n) is 8.49. The fraction of sp³-hybridized carbons (Fsp3) is 0.143. The third-order valence-corrected chi connectivity index (χ3v) is 4.10. The van der Waals surface area contributed by atoms with E-state index in [4.69, 9.17) is 5.11 Å². The van der Waals surface area contributed by atoms with Gasteiger partial charge in [0, 0.05) is 23.2 Å². The van der Waals surface area contributed by atoms with Crippen molar-refractivity contribution >= 4 is 33.8 Å². The van der Waals surface area contributed by atoms with Crippen molar-refractivity contribution in [2.75, 3.05) is 13.2 Å². The highest BCUT2D eigenvalue weighted by molar-refractivity contribution is 9.10. The summed E-state index contributed by atoms with van der Waals surface area (Å²) in [5, 5.41) is 14.2. The number of nitrogens with one attached hydrogen (secondary N) is 2. The van der Waals surface area contributed by atoms with E-state index >= 15 is 0 Å². The van der Waals surface area contributed by atoms with Gasteiger partial charge >= 0.3 is 0 Å². The monoisotopic (exact) mass is 428 g/mol. The summed E-state index contributed by atoms with van der Waals surface area (Å²) >= 11 is 3.32. The minimum absolute atomic E-state index is 0.0154. The maximum absolute atomic E-state index is 12.4. The lowest BCUT2D eigenvalue weighted by atomic mass is 10.2. The summed E-state index contributed by atoms with van der Waals surface area (Å²) in [4.78, 5) is 24.8. The van der Waals surface area contributed by atoms with Crippen molar-refractivity contribution < 1.29 is 14.7 Å². The molecular weight excluding hydrogens is 408 g/mol. The standard InChI is InChI=1S/C21H21BrN2O3/c22-18-12-10-17(11-13-18)20(26)24-19(21(27)23-14-5-15-25)9-4-8-16-6-2-1-3-7-16/h1-4,6-13,25H,5,14-15H2,(H,23,27)(H,24,26)/b8-4-,19-9+. The molecule has 0 bridgehead atoms. The average Bonchev–Trinajstić information content (AvgIpc) is 2.68. The molecule has 0 heterocycles. The molecular formula is C21H21BrN2O3. The molecule has 0 spiro atoms. The molecule has 6 heteroatoms. The van der Waals surface area contributed by atoms with Crippen LogP contribution in [0.2, 0.25) is 0 Å². The van der Waals surface area contributed by atoms with Crippen LogP contribution in [0, 0.1) is 0 Å². The van der Waals surface area contributed by atoms with Gasteiger partial charge in [0.1, 0.15) is 5.70 Å². The molecule has 3 N–H and O–H groups in total. The van der Waals surface area contributed by atoms with E-state index in [9.17, 15) is 9.59 Å². The van der Waals surface area contributed by atoms with Gasteiger partial charge in [0.05, 0.1) is 0 Å². The Hall–Kier alpha value is -2.70. The van der Waals surface area contributed by atoms with Crippen molar-refractivity contribution in [2.24, 2.45) is 0 Å². The molecule has 27 heavy (non-hydrogen) atoms. The molecule has 2 rings (SSSR count). The highest BCUT2D eigenvalue weighted by atomic mass is 79.9.